The molecule has 0 aromatic heterocycles. The molecule has 7 heteroatoms. The van der Waals surface area contributed by atoms with Crippen LogP contribution in [0.1, 0.15) is 84.5 Å². The van der Waals surface area contributed by atoms with E-state index >= 15 is 0 Å². The quantitative estimate of drug-likeness (QED) is 0.199. The summed E-state index contributed by atoms with van der Waals surface area (Å²) < 4.78 is 31.5. The minimum absolute atomic E-state index is 0.105. The summed E-state index contributed by atoms with van der Waals surface area (Å²) in [6.45, 7) is 6.25. The molecule has 0 heterocycles. The Morgan fingerprint density at radius 1 is 0.964 bits per heavy atom. The molecule has 0 radical (unpaired) electrons. The molecule has 0 aliphatic heterocycles. The zero-order valence-corrected chi connectivity index (χ0v) is 19.5. The van der Waals surface area contributed by atoms with Crippen molar-refractivity contribution in [1.29, 1.82) is 0 Å². The van der Waals surface area contributed by atoms with Crippen molar-refractivity contribution in [3.63, 3.8) is 0 Å². The van der Waals surface area contributed by atoms with Gasteiger partial charge in [-0.1, -0.05) is 65.2 Å². The average Bonchev–Trinajstić information content (AvgIpc) is 2.55. The second-order valence-electron chi connectivity index (χ2n) is 8.98. The van der Waals surface area contributed by atoms with Gasteiger partial charge in [-0.25, -0.2) is 0 Å². The van der Waals surface area contributed by atoms with E-state index in [1.165, 1.54) is 44.9 Å². The van der Waals surface area contributed by atoms with Gasteiger partial charge in [0.2, 0.25) is 5.91 Å². The van der Waals surface area contributed by atoms with Crippen LogP contribution in [0.4, 0.5) is 0 Å². The molecule has 168 valence electrons. The number of hydrogen-bond donors (Lipinski definition) is 2. The lowest BCUT2D eigenvalue weighted by atomic mass is 10.1. The largest absolute Gasteiger partial charge is 0.356 e. The third-order valence-electron chi connectivity index (χ3n) is 5.07. The summed E-state index contributed by atoms with van der Waals surface area (Å²) in [5.41, 5.74) is 0. The molecule has 1 unspecified atom stereocenters. The van der Waals surface area contributed by atoms with Crippen LogP contribution >= 0.6 is 0 Å². The number of nitrogens with zero attached hydrogens (tertiary/aromatic N) is 1. The first-order valence-electron chi connectivity index (χ1n) is 11.1. The molecule has 0 spiro atoms. The Morgan fingerprint density at radius 2 is 1.50 bits per heavy atom. The van der Waals surface area contributed by atoms with E-state index < -0.39 is 10.1 Å². The molecule has 0 aliphatic rings. The SMILES string of the molecule is CCCCCCCCCCCC(=O)NCCC[N+](C)(C)CC(C)CS(=O)(=O)O. The molecule has 2 N–H and O–H groups in total. The summed E-state index contributed by atoms with van der Waals surface area (Å²) in [6, 6.07) is 0. The molecule has 0 bridgehead atoms. The Kier molecular flexibility index (Phi) is 14.9. The van der Waals surface area contributed by atoms with E-state index in [0.717, 1.165) is 25.8 Å². The number of quaternary nitrogens is 1. The van der Waals surface area contributed by atoms with Gasteiger partial charge in [-0.15, -0.1) is 0 Å². The maximum Gasteiger partial charge on any atom is 0.265 e. The molecule has 0 rings (SSSR count). The van der Waals surface area contributed by atoms with Crippen molar-refractivity contribution in [3.8, 4) is 0 Å². The topological polar surface area (TPSA) is 83.5 Å². The van der Waals surface area contributed by atoms with Crippen molar-refractivity contribution in [1.82, 2.24) is 5.32 Å². The standard InChI is InChI=1S/C21H44N2O4S/c1-5-6-7-8-9-10-11-12-13-15-21(24)22-16-14-17-23(3,4)18-20(2)19-28(25,26)27/h20H,5-19H2,1-4H3,(H-,22,24,25,26,27)/p+1. The molecule has 28 heavy (non-hydrogen) atoms. The number of hydrogen-bond acceptors (Lipinski definition) is 3. The molecule has 0 aromatic rings. The second-order valence-corrected chi connectivity index (χ2v) is 10.5. The van der Waals surface area contributed by atoms with Crippen LogP contribution in [0.15, 0.2) is 0 Å². The van der Waals surface area contributed by atoms with Gasteiger partial charge in [0.1, 0.15) is 0 Å². The van der Waals surface area contributed by atoms with Gasteiger partial charge in [0.15, 0.2) is 0 Å². The lowest BCUT2D eigenvalue weighted by molar-refractivity contribution is -0.893. The van der Waals surface area contributed by atoms with Crippen molar-refractivity contribution in [2.45, 2.75) is 84.5 Å². The highest BCUT2D eigenvalue weighted by Crippen LogP contribution is 2.11. The number of unbranched alkanes of at least 4 members (excludes halogenated alkanes) is 8. The average molecular weight is 422 g/mol. The van der Waals surface area contributed by atoms with E-state index in [4.69, 9.17) is 4.55 Å². The van der Waals surface area contributed by atoms with Gasteiger partial charge in [-0.2, -0.15) is 8.42 Å². The first kappa shape index (κ1) is 27.3. The van der Waals surface area contributed by atoms with Crippen molar-refractivity contribution in [3.05, 3.63) is 0 Å². The molecular weight excluding hydrogens is 376 g/mol. The molecule has 0 fully saturated rings. The van der Waals surface area contributed by atoms with Crippen LogP contribution in [0.3, 0.4) is 0 Å². The Labute approximate surface area is 173 Å². The molecular formula is C21H45N2O4S+. The Balaban J connectivity index is 3.67. The fourth-order valence-electron chi connectivity index (χ4n) is 3.77. The molecule has 6 nitrogen and oxygen atoms in total. The van der Waals surface area contributed by atoms with Crippen LogP contribution in [0.25, 0.3) is 0 Å². The van der Waals surface area contributed by atoms with Crippen LogP contribution < -0.4 is 5.32 Å². The fraction of sp³-hybridized carbons (Fsp3) is 0.952. The fourth-order valence-corrected chi connectivity index (χ4v) is 4.59. The molecule has 0 aliphatic carbocycles. The third-order valence-corrected chi connectivity index (χ3v) is 6.06. The summed E-state index contributed by atoms with van der Waals surface area (Å²) in [4.78, 5) is 11.9. The monoisotopic (exact) mass is 421 g/mol. The van der Waals surface area contributed by atoms with Crippen LogP contribution in [0.5, 0.6) is 0 Å². The Bertz CT molecular complexity index is 507. The second kappa shape index (κ2) is 15.2. The van der Waals surface area contributed by atoms with Crippen molar-refractivity contribution in [2.75, 3.05) is 39.5 Å². The number of carbonyl (C=O) groups is 1. The van der Waals surface area contributed by atoms with Gasteiger partial charge in [0.05, 0.1) is 32.9 Å². The minimum Gasteiger partial charge on any atom is -0.356 e. The number of nitrogens with one attached hydrogen (secondary N) is 1. The zero-order chi connectivity index (χ0) is 21.5. The minimum atomic E-state index is -3.92. The van der Waals surface area contributed by atoms with E-state index in [-0.39, 0.29) is 17.6 Å². The first-order chi connectivity index (χ1) is 13.1. The van der Waals surface area contributed by atoms with Gasteiger partial charge in [-0.05, 0) is 6.42 Å². The van der Waals surface area contributed by atoms with E-state index in [9.17, 15) is 13.2 Å². The van der Waals surface area contributed by atoms with Crippen LogP contribution in [0.2, 0.25) is 0 Å². The predicted octanol–water partition coefficient (Wildman–Crippen LogP) is 4.01. The summed E-state index contributed by atoms with van der Waals surface area (Å²) in [5.74, 6) is -0.177. The van der Waals surface area contributed by atoms with Crippen LogP contribution in [-0.2, 0) is 14.9 Å². The Hall–Kier alpha value is -0.660. The van der Waals surface area contributed by atoms with E-state index in [1.54, 1.807) is 0 Å². The number of amides is 1. The summed E-state index contributed by atoms with van der Waals surface area (Å²) in [6.07, 6.45) is 12.7. The van der Waals surface area contributed by atoms with Crippen molar-refractivity contribution in [2.24, 2.45) is 5.92 Å². The first-order valence-corrected chi connectivity index (χ1v) is 12.7. The van der Waals surface area contributed by atoms with Crippen molar-refractivity contribution >= 4 is 16.0 Å². The third kappa shape index (κ3) is 18.7. The van der Waals surface area contributed by atoms with Gasteiger partial charge in [0.25, 0.3) is 10.1 Å². The van der Waals surface area contributed by atoms with E-state index in [1.807, 2.05) is 21.0 Å². The maximum atomic E-state index is 11.9. The summed E-state index contributed by atoms with van der Waals surface area (Å²) in [5, 5.41) is 2.99. The Morgan fingerprint density at radius 3 is 2.04 bits per heavy atom. The molecule has 0 saturated heterocycles. The van der Waals surface area contributed by atoms with E-state index in [2.05, 4.69) is 12.2 Å². The lowest BCUT2D eigenvalue weighted by Crippen LogP contribution is -2.45. The number of carbonyl (C=O) groups excluding carboxylic acids is 1. The molecule has 0 aromatic carbocycles. The van der Waals surface area contributed by atoms with Crippen molar-refractivity contribution < 1.29 is 22.2 Å². The smallest absolute Gasteiger partial charge is 0.265 e. The van der Waals surface area contributed by atoms with Gasteiger partial charge < -0.3 is 9.80 Å². The van der Waals surface area contributed by atoms with E-state index in [0.29, 0.717) is 24.0 Å². The molecule has 0 saturated carbocycles. The number of rotatable bonds is 18. The summed E-state index contributed by atoms with van der Waals surface area (Å²) in [7, 11) is 0.173. The van der Waals surface area contributed by atoms with Gasteiger partial charge >= 0.3 is 0 Å². The van der Waals surface area contributed by atoms with Crippen LogP contribution in [0, 0.1) is 5.92 Å². The zero-order valence-electron chi connectivity index (χ0n) is 18.7. The maximum absolute atomic E-state index is 11.9. The molecule has 1 amide bonds. The molecule has 1 atom stereocenters. The highest BCUT2D eigenvalue weighted by atomic mass is 32.2. The van der Waals surface area contributed by atoms with Gasteiger partial charge in [0, 0.05) is 25.3 Å². The highest BCUT2D eigenvalue weighted by molar-refractivity contribution is 7.85. The normalized spacial score (nSPS) is 13.5. The summed E-state index contributed by atoms with van der Waals surface area (Å²) >= 11 is 0. The lowest BCUT2D eigenvalue weighted by Gasteiger charge is -2.32. The van der Waals surface area contributed by atoms with Gasteiger partial charge in [-0.3, -0.25) is 9.35 Å². The van der Waals surface area contributed by atoms with Crippen LogP contribution in [-0.4, -0.2) is 62.8 Å². The predicted molar refractivity (Wildman–Crippen MR) is 117 cm³/mol. The highest BCUT2D eigenvalue weighted by Gasteiger charge is 2.22.